The van der Waals surface area contributed by atoms with Gasteiger partial charge in [-0.3, -0.25) is 9.69 Å². The number of fused-ring (bicyclic) bond motifs is 1. The van der Waals surface area contributed by atoms with Crippen LogP contribution in [0.25, 0.3) is 0 Å². The molecule has 1 saturated heterocycles. The standard InChI is InChI=1S/C20H29F2N3O3/c21-20(22)16-6-2-1-5-14(16)13-17(20)25-11-7-15(8-12-25)19(23,18(26)27)9-3-4-10-24-28/h1-2,5-6,15,17,24,28H,3-4,7-13,23H2,(H,26,27). The number of carbonyl (C=O) groups is 1. The molecule has 2 aliphatic rings. The predicted molar refractivity (Wildman–Crippen MR) is 100 cm³/mol. The van der Waals surface area contributed by atoms with Crippen LogP contribution in [0.5, 0.6) is 0 Å². The number of hydrogen-bond acceptors (Lipinski definition) is 5. The van der Waals surface area contributed by atoms with Crippen molar-refractivity contribution in [3.63, 3.8) is 0 Å². The highest BCUT2D eigenvalue weighted by molar-refractivity contribution is 5.79. The van der Waals surface area contributed by atoms with Crippen LogP contribution < -0.4 is 11.2 Å². The fraction of sp³-hybridized carbons (Fsp3) is 0.650. The summed E-state index contributed by atoms with van der Waals surface area (Å²) in [6, 6.07) is 5.80. The average Bonchev–Trinajstić information content (AvgIpc) is 2.96. The van der Waals surface area contributed by atoms with E-state index in [9.17, 15) is 18.7 Å². The second kappa shape index (κ2) is 8.41. The van der Waals surface area contributed by atoms with Gasteiger partial charge in [0.25, 0.3) is 5.92 Å². The Bertz CT molecular complexity index is 695. The molecular formula is C20H29F2N3O3. The van der Waals surface area contributed by atoms with E-state index in [-0.39, 0.29) is 11.5 Å². The quantitative estimate of drug-likeness (QED) is 0.397. The average molecular weight is 397 g/mol. The normalized spacial score (nSPS) is 24.6. The van der Waals surface area contributed by atoms with Crippen LogP contribution in [-0.4, -0.2) is 52.4 Å². The van der Waals surface area contributed by atoms with Gasteiger partial charge in [0.1, 0.15) is 5.54 Å². The first-order valence-corrected chi connectivity index (χ1v) is 9.90. The Morgan fingerprint density at radius 3 is 2.57 bits per heavy atom. The van der Waals surface area contributed by atoms with Gasteiger partial charge in [-0.05, 0) is 63.1 Å². The molecule has 0 amide bonds. The molecule has 6 nitrogen and oxygen atoms in total. The predicted octanol–water partition coefficient (Wildman–Crippen LogP) is 2.35. The Hall–Kier alpha value is -1.61. The van der Waals surface area contributed by atoms with Crippen molar-refractivity contribution in [2.75, 3.05) is 19.6 Å². The molecule has 8 heteroatoms. The molecule has 0 radical (unpaired) electrons. The number of aliphatic carboxylic acids is 1. The molecule has 0 spiro atoms. The van der Waals surface area contributed by atoms with E-state index in [1.165, 1.54) is 6.07 Å². The number of unbranched alkanes of at least 4 members (excludes halogenated alkanes) is 1. The molecule has 3 rings (SSSR count). The van der Waals surface area contributed by atoms with Crippen molar-refractivity contribution in [2.24, 2.45) is 11.7 Å². The van der Waals surface area contributed by atoms with Gasteiger partial charge in [0.2, 0.25) is 0 Å². The first kappa shape index (κ1) is 21.1. The number of rotatable bonds is 8. The number of alkyl halides is 2. The largest absolute Gasteiger partial charge is 0.480 e. The van der Waals surface area contributed by atoms with Gasteiger partial charge in [0.15, 0.2) is 0 Å². The molecule has 28 heavy (non-hydrogen) atoms. The first-order valence-electron chi connectivity index (χ1n) is 9.90. The summed E-state index contributed by atoms with van der Waals surface area (Å²) < 4.78 is 29.8. The second-order valence-electron chi connectivity index (χ2n) is 8.02. The van der Waals surface area contributed by atoms with Crippen LogP contribution >= 0.6 is 0 Å². The molecule has 1 aromatic carbocycles. The number of hydrogen-bond donors (Lipinski definition) is 4. The lowest BCUT2D eigenvalue weighted by atomic mass is 9.75. The van der Waals surface area contributed by atoms with E-state index in [4.69, 9.17) is 10.9 Å². The topological polar surface area (TPSA) is 98.8 Å². The van der Waals surface area contributed by atoms with Crippen LogP contribution in [0.15, 0.2) is 24.3 Å². The number of benzene rings is 1. The molecule has 2 atom stereocenters. The van der Waals surface area contributed by atoms with Gasteiger partial charge in [-0.25, -0.2) is 5.48 Å². The van der Waals surface area contributed by atoms with Crippen LogP contribution in [0.2, 0.25) is 0 Å². The highest BCUT2D eigenvalue weighted by Gasteiger charge is 2.52. The third-order valence-corrected chi connectivity index (χ3v) is 6.43. The van der Waals surface area contributed by atoms with Gasteiger partial charge in [-0.1, -0.05) is 24.3 Å². The molecule has 0 bridgehead atoms. The number of carboxylic acid groups (broad SMARTS) is 1. The zero-order chi connectivity index (χ0) is 20.4. The summed E-state index contributed by atoms with van der Waals surface area (Å²) in [6.45, 7) is 1.22. The number of nitrogens with two attached hydrogens (primary N) is 1. The van der Waals surface area contributed by atoms with Gasteiger partial charge in [-0.2, -0.15) is 8.78 Å². The number of likely N-dealkylation sites (tertiary alicyclic amines) is 1. The minimum absolute atomic E-state index is 0.110. The maximum absolute atomic E-state index is 14.9. The summed E-state index contributed by atoms with van der Waals surface area (Å²) in [4.78, 5) is 13.7. The zero-order valence-corrected chi connectivity index (χ0v) is 15.9. The van der Waals surface area contributed by atoms with Crippen LogP contribution in [0, 0.1) is 5.92 Å². The lowest BCUT2D eigenvalue weighted by molar-refractivity contribution is -0.147. The SMILES string of the molecule is NC(CCCCNO)(C(=O)O)C1CCN(C2Cc3ccccc3C2(F)F)CC1. The van der Waals surface area contributed by atoms with Crippen molar-refractivity contribution < 1.29 is 23.9 Å². The highest BCUT2D eigenvalue weighted by atomic mass is 19.3. The van der Waals surface area contributed by atoms with Crippen LogP contribution in [0.3, 0.4) is 0 Å². The van der Waals surface area contributed by atoms with Crippen LogP contribution in [-0.2, 0) is 17.1 Å². The van der Waals surface area contributed by atoms with E-state index >= 15 is 0 Å². The minimum Gasteiger partial charge on any atom is -0.480 e. The second-order valence-corrected chi connectivity index (χ2v) is 8.02. The Labute approximate surface area is 163 Å². The van der Waals surface area contributed by atoms with Gasteiger partial charge in [0, 0.05) is 12.1 Å². The summed E-state index contributed by atoms with van der Waals surface area (Å²) in [5.74, 6) is -4.19. The van der Waals surface area contributed by atoms with Crippen LogP contribution in [0.1, 0.15) is 43.2 Å². The van der Waals surface area contributed by atoms with Crippen molar-refractivity contribution >= 4 is 5.97 Å². The number of carboxylic acids is 1. The minimum atomic E-state index is -2.90. The van der Waals surface area contributed by atoms with Gasteiger partial charge < -0.3 is 16.0 Å². The Balaban J connectivity index is 1.63. The van der Waals surface area contributed by atoms with Crippen molar-refractivity contribution in [3.8, 4) is 0 Å². The van der Waals surface area contributed by atoms with Crippen molar-refractivity contribution in [2.45, 2.75) is 56.0 Å². The summed E-state index contributed by atoms with van der Waals surface area (Å²) >= 11 is 0. The molecule has 156 valence electrons. The monoisotopic (exact) mass is 397 g/mol. The summed E-state index contributed by atoms with van der Waals surface area (Å²) in [5, 5.41) is 18.3. The number of hydroxylamine groups is 1. The maximum Gasteiger partial charge on any atom is 0.323 e. The number of nitrogens with zero attached hydrogens (tertiary/aromatic N) is 1. The van der Waals surface area contributed by atoms with E-state index in [0.29, 0.717) is 63.7 Å². The molecular weight excluding hydrogens is 368 g/mol. The Kier molecular flexibility index (Phi) is 6.34. The first-order chi connectivity index (χ1) is 13.3. The number of piperidine rings is 1. The molecule has 1 aromatic rings. The third-order valence-electron chi connectivity index (χ3n) is 6.43. The lowest BCUT2D eigenvalue weighted by Crippen LogP contribution is -2.58. The van der Waals surface area contributed by atoms with E-state index in [2.05, 4.69) is 0 Å². The summed E-state index contributed by atoms with van der Waals surface area (Å²) in [6.07, 6.45) is 2.79. The summed E-state index contributed by atoms with van der Waals surface area (Å²) in [7, 11) is 0. The maximum atomic E-state index is 14.9. The molecule has 0 saturated carbocycles. The molecule has 0 aromatic heterocycles. The Morgan fingerprint density at radius 1 is 1.29 bits per heavy atom. The molecule has 1 fully saturated rings. The van der Waals surface area contributed by atoms with Gasteiger partial charge in [0.05, 0.1) is 6.04 Å². The fourth-order valence-electron chi connectivity index (χ4n) is 4.73. The van der Waals surface area contributed by atoms with Crippen LogP contribution in [0.4, 0.5) is 8.78 Å². The number of nitrogens with one attached hydrogen (secondary N) is 1. The van der Waals surface area contributed by atoms with E-state index in [1.807, 2.05) is 5.48 Å². The molecule has 2 unspecified atom stereocenters. The van der Waals surface area contributed by atoms with Gasteiger partial charge in [-0.15, -0.1) is 0 Å². The van der Waals surface area contributed by atoms with E-state index < -0.39 is 23.5 Å². The zero-order valence-electron chi connectivity index (χ0n) is 15.9. The van der Waals surface area contributed by atoms with Crippen molar-refractivity contribution in [1.29, 1.82) is 0 Å². The summed E-state index contributed by atoms with van der Waals surface area (Å²) in [5.41, 5.74) is 7.76. The molecule has 1 heterocycles. The molecule has 5 N–H and O–H groups in total. The fourth-order valence-corrected chi connectivity index (χ4v) is 4.73. The molecule has 1 aliphatic heterocycles. The highest BCUT2D eigenvalue weighted by Crippen LogP contribution is 2.45. The van der Waals surface area contributed by atoms with Crippen molar-refractivity contribution in [1.82, 2.24) is 10.4 Å². The van der Waals surface area contributed by atoms with E-state index in [1.54, 1.807) is 23.1 Å². The van der Waals surface area contributed by atoms with Gasteiger partial charge >= 0.3 is 5.97 Å². The smallest absolute Gasteiger partial charge is 0.323 e. The lowest BCUT2D eigenvalue weighted by Gasteiger charge is -2.43. The van der Waals surface area contributed by atoms with E-state index in [0.717, 1.165) is 0 Å². The number of halogens is 2. The Morgan fingerprint density at radius 2 is 1.96 bits per heavy atom. The molecule has 1 aliphatic carbocycles. The third kappa shape index (κ3) is 3.91. The van der Waals surface area contributed by atoms with Crippen molar-refractivity contribution in [3.05, 3.63) is 35.4 Å².